The summed E-state index contributed by atoms with van der Waals surface area (Å²) in [6.45, 7) is 3.67. The first-order valence-corrected chi connectivity index (χ1v) is 6.80. The Bertz CT molecular complexity index is 541. The minimum atomic E-state index is -0.280. The lowest BCUT2D eigenvalue weighted by Gasteiger charge is -2.22. The molecule has 1 aromatic rings. The van der Waals surface area contributed by atoms with Gasteiger partial charge in [0, 0.05) is 37.6 Å². The zero-order valence-electron chi connectivity index (χ0n) is 11.7. The Morgan fingerprint density at radius 2 is 1.80 bits per heavy atom. The zero-order chi connectivity index (χ0) is 14.7. The fourth-order valence-corrected chi connectivity index (χ4v) is 2.41. The van der Waals surface area contributed by atoms with Crippen LogP contribution in [0.4, 0.5) is 0 Å². The molecule has 1 heterocycles. The molecule has 0 aromatic carbocycles. The van der Waals surface area contributed by atoms with Crippen LogP contribution in [-0.4, -0.2) is 26.6 Å². The van der Waals surface area contributed by atoms with E-state index in [4.69, 9.17) is 0 Å². The minimum absolute atomic E-state index is 0.00358. The van der Waals surface area contributed by atoms with Crippen LogP contribution in [0.1, 0.15) is 49.9 Å². The maximum atomic E-state index is 12.1. The van der Waals surface area contributed by atoms with E-state index in [0.717, 1.165) is 5.56 Å². The Kier molecular flexibility index (Phi) is 4.27. The van der Waals surface area contributed by atoms with Gasteiger partial charge in [-0.05, 0) is 18.9 Å². The minimum Gasteiger partial charge on any atom is -0.511 e. The fraction of sp³-hybridized carbons (Fsp3) is 0.467. The molecule has 20 heavy (non-hydrogen) atoms. The Balaban J connectivity index is 2.22. The monoisotopic (exact) mass is 274 g/mol. The van der Waals surface area contributed by atoms with Crippen LogP contribution in [0.15, 0.2) is 23.7 Å². The van der Waals surface area contributed by atoms with E-state index in [-0.39, 0.29) is 41.7 Å². The summed E-state index contributed by atoms with van der Waals surface area (Å²) in [5, 5.41) is 9.82. The Morgan fingerprint density at radius 1 is 1.25 bits per heavy atom. The highest BCUT2D eigenvalue weighted by Gasteiger charge is 2.33. The highest BCUT2D eigenvalue weighted by molar-refractivity contribution is 6.22. The Hall–Kier alpha value is -2.04. The summed E-state index contributed by atoms with van der Waals surface area (Å²) in [4.78, 5) is 32.4. The molecule has 1 fully saturated rings. The lowest BCUT2D eigenvalue weighted by Crippen LogP contribution is -2.26. The van der Waals surface area contributed by atoms with Gasteiger partial charge in [-0.15, -0.1) is 0 Å². The number of aryl methyl sites for hydroxylation is 1. The second-order valence-corrected chi connectivity index (χ2v) is 5.09. The number of carbonyl (C=O) groups excluding carboxylic acids is 2. The van der Waals surface area contributed by atoms with Gasteiger partial charge in [-0.25, -0.2) is 9.97 Å². The molecule has 106 valence electrons. The quantitative estimate of drug-likeness (QED) is 0.520. The summed E-state index contributed by atoms with van der Waals surface area (Å²) < 4.78 is 0. The third-order valence-electron chi connectivity index (χ3n) is 3.47. The van der Waals surface area contributed by atoms with Crippen LogP contribution in [-0.2, 0) is 9.59 Å². The van der Waals surface area contributed by atoms with Crippen molar-refractivity contribution >= 4 is 11.6 Å². The summed E-state index contributed by atoms with van der Waals surface area (Å²) in [5.74, 6) is -0.158. The highest BCUT2D eigenvalue weighted by Crippen LogP contribution is 2.32. The first-order valence-electron chi connectivity index (χ1n) is 6.80. The summed E-state index contributed by atoms with van der Waals surface area (Å²) >= 11 is 0. The van der Waals surface area contributed by atoms with Crippen molar-refractivity contribution < 1.29 is 14.7 Å². The molecule has 5 nitrogen and oxygen atoms in total. The molecule has 1 saturated carbocycles. The third kappa shape index (κ3) is 2.92. The molecular formula is C15H18N2O3. The van der Waals surface area contributed by atoms with Crippen molar-refractivity contribution in [1.29, 1.82) is 0 Å². The number of aliphatic hydroxyl groups excluding tert-OH is 1. The van der Waals surface area contributed by atoms with Crippen molar-refractivity contribution in [3.05, 3.63) is 35.1 Å². The fourth-order valence-electron chi connectivity index (χ4n) is 2.41. The van der Waals surface area contributed by atoms with E-state index in [1.807, 2.05) is 6.92 Å². The maximum absolute atomic E-state index is 12.1. The zero-order valence-corrected chi connectivity index (χ0v) is 11.7. The highest BCUT2D eigenvalue weighted by atomic mass is 16.3. The van der Waals surface area contributed by atoms with Crippen LogP contribution in [0.25, 0.3) is 0 Å². The van der Waals surface area contributed by atoms with Crippen LogP contribution in [0.5, 0.6) is 0 Å². The molecule has 0 aliphatic heterocycles. The number of nitrogens with zero attached hydrogens (tertiary/aromatic N) is 2. The summed E-state index contributed by atoms with van der Waals surface area (Å²) in [7, 11) is 0. The van der Waals surface area contributed by atoms with Gasteiger partial charge in [-0.1, -0.05) is 6.92 Å². The van der Waals surface area contributed by atoms with Gasteiger partial charge >= 0.3 is 0 Å². The Morgan fingerprint density at radius 3 is 2.30 bits per heavy atom. The van der Waals surface area contributed by atoms with Crippen LogP contribution in [0.3, 0.4) is 0 Å². The predicted molar refractivity (Wildman–Crippen MR) is 73.3 cm³/mol. The summed E-state index contributed by atoms with van der Waals surface area (Å²) in [6, 6.07) is 0. The van der Waals surface area contributed by atoms with Crippen molar-refractivity contribution in [1.82, 2.24) is 9.97 Å². The van der Waals surface area contributed by atoms with Gasteiger partial charge < -0.3 is 5.11 Å². The van der Waals surface area contributed by atoms with Gasteiger partial charge in [0.2, 0.25) is 0 Å². The number of Topliss-reactive ketones (excluding diaryl/α,β-unsaturated/α-hetero) is 2. The van der Waals surface area contributed by atoms with E-state index in [1.54, 1.807) is 19.3 Å². The standard InChI is InChI=1S/C15H18N2O3/c1-3-4-12(18)15-13(19)5-10(6-14(15)20)11-7-16-9(2)17-8-11/h7-8,10,18H,3-6H2,1-2H3. The molecule has 2 rings (SSSR count). The molecule has 0 saturated heterocycles. The molecular weight excluding hydrogens is 256 g/mol. The molecule has 0 unspecified atom stereocenters. The van der Waals surface area contributed by atoms with Crippen molar-refractivity contribution in [3.8, 4) is 0 Å². The smallest absolute Gasteiger partial charge is 0.170 e. The summed E-state index contributed by atoms with van der Waals surface area (Å²) in [5.41, 5.74) is 0.794. The van der Waals surface area contributed by atoms with Gasteiger partial charge in [0.25, 0.3) is 0 Å². The molecule has 0 atom stereocenters. The number of aliphatic hydroxyl groups is 1. The number of carbonyl (C=O) groups is 2. The topological polar surface area (TPSA) is 80.2 Å². The second kappa shape index (κ2) is 5.94. The van der Waals surface area contributed by atoms with Crippen LogP contribution < -0.4 is 0 Å². The average Bonchev–Trinajstić information content (AvgIpc) is 2.39. The van der Waals surface area contributed by atoms with Crippen molar-refractivity contribution in [2.24, 2.45) is 0 Å². The van der Waals surface area contributed by atoms with Crippen molar-refractivity contribution in [2.45, 2.75) is 45.4 Å². The van der Waals surface area contributed by atoms with E-state index >= 15 is 0 Å². The van der Waals surface area contributed by atoms with E-state index in [9.17, 15) is 14.7 Å². The number of hydrogen-bond donors (Lipinski definition) is 1. The number of rotatable bonds is 3. The van der Waals surface area contributed by atoms with Crippen LogP contribution in [0.2, 0.25) is 0 Å². The molecule has 5 heteroatoms. The van der Waals surface area contributed by atoms with Gasteiger partial charge in [-0.2, -0.15) is 0 Å². The number of hydrogen-bond acceptors (Lipinski definition) is 5. The van der Waals surface area contributed by atoms with E-state index < -0.39 is 0 Å². The molecule has 0 spiro atoms. The molecule has 1 aliphatic rings. The molecule has 0 radical (unpaired) electrons. The normalized spacial score (nSPS) is 19.3. The molecule has 0 amide bonds. The average molecular weight is 274 g/mol. The van der Waals surface area contributed by atoms with Gasteiger partial charge in [0.05, 0.1) is 5.57 Å². The molecule has 1 N–H and O–H groups in total. The molecule has 1 aromatic heterocycles. The second-order valence-electron chi connectivity index (χ2n) is 5.09. The lowest BCUT2D eigenvalue weighted by atomic mass is 9.80. The number of allylic oxidation sites excluding steroid dienone is 2. The number of ketones is 2. The van der Waals surface area contributed by atoms with Crippen molar-refractivity contribution in [2.75, 3.05) is 0 Å². The van der Waals surface area contributed by atoms with Gasteiger partial charge in [0.1, 0.15) is 11.6 Å². The predicted octanol–water partition coefficient (Wildman–Crippen LogP) is 2.41. The first kappa shape index (κ1) is 14.4. The van der Waals surface area contributed by atoms with Crippen LogP contribution in [0, 0.1) is 6.92 Å². The number of aromatic nitrogens is 2. The summed E-state index contributed by atoms with van der Waals surface area (Å²) in [6.07, 6.45) is 4.83. The SMILES string of the molecule is CCCC(O)=C1C(=O)CC(c2cnc(C)nc2)CC1=O. The Labute approximate surface area is 117 Å². The van der Waals surface area contributed by atoms with Gasteiger partial charge in [0.15, 0.2) is 11.6 Å². The molecule has 1 aliphatic carbocycles. The van der Waals surface area contributed by atoms with E-state index in [2.05, 4.69) is 9.97 Å². The van der Waals surface area contributed by atoms with Crippen LogP contribution >= 0.6 is 0 Å². The van der Waals surface area contributed by atoms with E-state index in [0.29, 0.717) is 18.7 Å². The van der Waals surface area contributed by atoms with Gasteiger partial charge in [-0.3, -0.25) is 9.59 Å². The van der Waals surface area contributed by atoms with Crippen molar-refractivity contribution in [3.63, 3.8) is 0 Å². The van der Waals surface area contributed by atoms with E-state index in [1.165, 1.54) is 0 Å². The third-order valence-corrected chi connectivity index (χ3v) is 3.47. The largest absolute Gasteiger partial charge is 0.511 e. The first-order chi connectivity index (χ1) is 9.52. The lowest BCUT2D eigenvalue weighted by molar-refractivity contribution is -0.124. The maximum Gasteiger partial charge on any atom is 0.170 e. The molecule has 0 bridgehead atoms.